The summed E-state index contributed by atoms with van der Waals surface area (Å²) in [6, 6.07) is 11.6. The van der Waals surface area contributed by atoms with Crippen LogP contribution in [0.5, 0.6) is 0 Å². The second kappa shape index (κ2) is 11.3. The van der Waals surface area contributed by atoms with E-state index in [4.69, 9.17) is 5.10 Å². The Hall–Kier alpha value is -2.17. The molecule has 0 atom stereocenters. The second-order valence-electron chi connectivity index (χ2n) is 12.5. The van der Waals surface area contributed by atoms with E-state index in [1.54, 1.807) is 0 Å². The van der Waals surface area contributed by atoms with Gasteiger partial charge in [-0.15, -0.1) is 0 Å². The highest BCUT2D eigenvalue weighted by Gasteiger charge is 2.51. The number of benzene rings is 2. The number of aromatic nitrogens is 2. The molecular formula is C33H39BrF3N3O2S. The summed E-state index contributed by atoms with van der Waals surface area (Å²) in [5.41, 5.74) is 4.23. The number of rotatable bonds is 6. The number of likely N-dealkylation sites (tertiary alicyclic amines) is 1. The van der Waals surface area contributed by atoms with Crippen molar-refractivity contribution in [2.45, 2.75) is 105 Å². The molecule has 3 aliphatic rings. The number of alkyl halides is 3. The average Bonchev–Trinajstić information content (AvgIpc) is 3.56. The number of aryl methyl sites for hydroxylation is 2. The standard InChI is InChI=1S/C33H39BrF3N3O2S/c1-3-29-28-15-16-31(30(28)40(4-2)38-29)19-21-39(22-20-31)26-13-17-32(18-14-26,23-5-9-25(34)10-6-23)43(41,42)27-11-7-24(8-12-27)33(35,36)37/h5-12,26H,3-4,13-22H2,1-2H3. The van der Waals surface area contributed by atoms with Crippen molar-refractivity contribution in [3.63, 3.8) is 0 Å². The summed E-state index contributed by atoms with van der Waals surface area (Å²) in [6.07, 6.45) is 3.22. The molecule has 232 valence electrons. The molecule has 2 fully saturated rings. The summed E-state index contributed by atoms with van der Waals surface area (Å²) >= 11 is 3.45. The van der Waals surface area contributed by atoms with Gasteiger partial charge in [-0.25, -0.2) is 8.42 Å². The van der Waals surface area contributed by atoms with E-state index in [-0.39, 0.29) is 16.4 Å². The lowest BCUT2D eigenvalue weighted by Crippen LogP contribution is -2.50. The number of hydrogen-bond donors (Lipinski definition) is 0. The lowest BCUT2D eigenvalue weighted by atomic mass is 9.74. The normalized spacial score (nSPS) is 24.4. The van der Waals surface area contributed by atoms with Crippen molar-refractivity contribution in [2.75, 3.05) is 13.1 Å². The fourth-order valence-corrected chi connectivity index (χ4v) is 10.6. The molecule has 1 aliphatic heterocycles. The van der Waals surface area contributed by atoms with Crippen molar-refractivity contribution in [1.82, 2.24) is 14.7 Å². The van der Waals surface area contributed by atoms with Gasteiger partial charge in [-0.2, -0.15) is 18.3 Å². The minimum absolute atomic E-state index is 0.0576. The molecule has 6 rings (SSSR count). The first-order chi connectivity index (χ1) is 20.4. The Kier molecular flexibility index (Phi) is 8.12. The lowest BCUT2D eigenvalue weighted by molar-refractivity contribution is -0.137. The maximum Gasteiger partial charge on any atom is 0.416 e. The van der Waals surface area contributed by atoms with Crippen LogP contribution in [0.1, 0.15) is 86.9 Å². The summed E-state index contributed by atoms with van der Waals surface area (Å²) < 4.78 is 70.2. The van der Waals surface area contributed by atoms with Gasteiger partial charge >= 0.3 is 6.18 Å². The highest BCUT2D eigenvalue weighted by atomic mass is 79.9. The number of halogens is 4. The molecule has 3 aromatic rings. The van der Waals surface area contributed by atoms with E-state index in [1.165, 1.54) is 23.4 Å². The Morgan fingerprint density at radius 1 is 0.930 bits per heavy atom. The molecule has 0 N–H and O–H groups in total. The van der Waals surface area contributed by atoms with Crippen LogP contribution in [-0.2, 0) is 45.6 Å². The highest BCUT2D eigenvalue weighted by Crippen LogP contribution is 2.51. The van der Waals surface area contributed by atoms with Gasteiger partial charge in [0.2, 0.25) is 0 Å². The average molecular weight is 679 g/mol. The number of hydrogen-bond acceptors (Lipinski definition) is 4. The van der Waals surface area contributed by atoms with Crippen LogP contribution in [-0.4, -0.2) is 42.2 Å². The molecule has 1 saturated carbocycles. The van der Waals surface area contributed by atoms with Crippen LogP contribution in [0.3, 0.4) is 0 Å². The van der Waals surface area contributed by atoms with Gasteiger partial charge < -0.3 is 4.90 Å². The third kappa shape index (κ3) is 5.19. The summed E-state index contributed by atoms with van der Waals surface area (Å²) in [7, 11) is -3.98. The second-order valence-corrected chi connectivity index (χ2v) is 15.7. The Bertz CT molecular complexity index is 1570. The van der Waals surface area contributed by atoms with Crippen LogP contribution in [0.25, 0.3) is 0 Å². The molecule has 1 spiro atoms. The van der Waals surface area contributed by atoms with Gasteiger partial charge in [-0.05, 0) is 125 Å². The minimum atomic E-state index is -4.52. The first kappa shape index (κ1) is 30.8. The predicted molar refractivity (Wildman–Crippen MR) is 165 cm³/mol. The lowest BCUT2D eigenvalue weighted by Gasteiger charge is -2.47. The molecule has 10 heteroatoms. The monoisotopic (exact) mass is 677 g/mol. The molecule has 2 aliphatic carbocycles. The van der Waals surface area contributed by atoms with Crippen LogP contribution in [0.4, 0.5) is 13.2 Å². The van der Waals surface area contributed by atoms with Gasteiger partial charge in [0.25, 0.3) is 0 Å². The largest absolute Gasteiger partial charge is 0.416 e. The fraction of sp³-hybridized carbons (Fsp3) is 0.545. The molecule has 0 radical (unpaired) electrons. The van der Waals surface area contributed by atoms with Crippen molar-refractivity contribution in [1.29, 1.82) is 0 Å². The predicted octanol–water partition coefficient (Wildman–Crippen LogP) is 7.84. The van der Waals surface area contributed by atoms with Crippen LogP contribution >= 0.6 is 15.9 Å². The van der Waals surface area contributed by atoms with E-state index in [9.17, 15) is 21.6 Å². The maximum atomic E-state index is 14.3. The highest BCUT2D eigenvalue weighted by molar-refractivity contribution is 9.10. The molecule has 5 nitrogen and oxygen atoms in total. The zero-order valence-electron chi connectivity index (χ0n) is 24.8. The van der Waals surface area contributed by atoms with Crippen molar-refractivity contribution in [3.8, 4) is 0 Å². The fourth-order valence-electron chi connectivity index (χ4n) is 8.15. The molecule has 1 saturated heterocycles. The SMILES string of the molecule is CCc1nn(CC)c2c1CCC21CCN(C2CCC(c3ccc(Br)cc3)(S(=O)(=O)c3ccc(C(F)(F)F)cc3)CC2)CC1. The summed E-state index contributed by atoms with van der Waals surface area (Å²) in [6.45, 7) is 7.22. The first-order valence-electron chi connectivity index (χ1n) is 15.4. The molecule has 2 heterocycles. The topological polar surface area (TPSA) is 55.2 Å². The van der Waals surface area contributed by atoms with E-state index in [2.05, 4.69) is 39.4 Å². The smallest absolute Gasteiger partial charge is 0.300 e. The Morgan fingerprint density at radius 3 is 2.12 bits per heavy atom. The van der Waals surface area contributed by atoms with Crippen molar-refractivity contribution < 1.29 is 21.6 Å². The summed E-state index contributed by atoms with van der Waals surface area (Å²) in [5.74, 6) is 0. The van der Waals surface area contributed by atoms with Crippen LogP contribution in [0.2, 0.25) is 0 Å². The van der Waals surface area contributed by atoms with Gasteiger partial charge in [0.1, 0.15) is 4.75 Å². The summed E-state index contributed by atoms with van der Waals surface area (Å²) in [4.78, 5) is 2.50. The molecule has 2 aromatic carbocycles. The van der Waals surface area contributed by atoms with Gasteiger partial charge in [0.15, 0.2) is 9.84 Å². The van der Waals surface area contributed by atoms with Crippen LogP contribution in [0, 0.1) is 0 Å². The first-order valence-corrected chi connectivity index (χ1v) is 17.7. The zero-order chi connectivity index (χ0) is 30.6. The quantitative estimate of drug-likeness (QED) is 0.267. The summed E-state index contributed by atoms with van der Waals surface area (Å²) in [5, 5.41) is 4.93. The van der Waals surface area contributed by atoms with Gasteiger partial charge in [-0.3, -0.25) is 4.68 Å². The number of fused-ring (bicyclic) bond motifs is 2. The number of nitrogens with zero attached hydrogens (tertiary/aromatic N) is 3. The minimum Gasteiger partial charge on any atom is -0.300 e. The maximum absolute atomic E-state index is 14.3. The molecule has 43 heavy (non-hydrogen) atoms. The van der Waals surface area contributed by atoms with E-state index >= 15 is 0 Å². The van der Waals surface area contributed by atoms with E-state index in [1.807, 2.05) is 24.3 Å². The van der Waals surface area contributed by atoms with E-state index < -0.39 is 26.3 Å². The molecular weight excluding hydrogens is 639 g/mol. The van der Waals surface area contributed by atoms with Gasteiger partial charge in [0, 0.05) is 28.2 Å². The van der Waals surface area contributed by atoms with E-state index in [0.29, 0.717) is 18.4 Å². The molecule has 0 amide bonds. The number of sulfone groups is 1. The zero-order valence-corrected chi connectivity index (χ0v) is 27.2. The number of piperidine rings is 1. The van der Waals surface area contributed by atoms with Gasteiger partial charge in [0.05, 0.1) is 16.2 Å². The Labute approximate surface area is 260 Å². The third-order valence-electron chi connectivity index (χ3n) is 10.5. The molecule has 0 bridgehead atoms. The Morgan fingerprint density at radius 2 is 1.56 bits per heavy atom. The van der Waals surface area contributed by atoms with Crippen LogP contribution < -0.4 is 0 Å². The molecule has 0 unspecified atom stereocenters. The molecule has 1 aromatic heterocycles. The van der Waals surface area contributed by atoms with Crippen molar-refractivity contribution >= 4 is 25.8 Å². The van der Waals surface area contributed by atoms with Crippen molar-refractivity contribution in [3.05, 3.63) is 81.1 Å². The van der Waals surface area contributed by atoms with Crippen molar-refractivity contribution in [2.24, 2.45) is 0 Å². The van der Waals surface area contributed by atoms with Crippen LogP contribution in [0.15, 0.2) is 57.9 Å². The Balaban J connectivity index is 1.22. The van der Waals surface area contributed by atoms with Gasteiger partial charge in [-0.1, -0.05) is 35.0 Å². The third-order valence-corrected chi connectivity index (χ3v) is 13.6. The van der Waals surface area contributed by atoms with E-state index in [0.717, 1.165) is 86.9 Å².